The third-order valence-electron chi connectivity index (χ3n) is 3.95. The standard InChI is InChI=1S/C13H23N3O2/c1-14-12(17)9-16-7-3-4-11(8-16)15(2)13(18)10-5-6-10/h10-11H,3-9H2,1-2H3,(H,14,17). The predicted molar refractivity (Wildman–Crippen MR) is 69.0 cm³/mol. The van der Waals surface area contributed by atoms with Crippen molar-refractivity contribution in [3.63, 3.8) is 0 Å². The Bertz CT molecular complexity index is 328. The SMILES string of the molecule is CNC(=O)CN1CCCC(N(C)C(=O)C2CC2)C1. The van der Waals surface area contributed by atoms with E-state index in [0.29, 0.717) is 12.5 Å². The van der Waals surface area contributed by atoms with Gasteiger partial charge < -0.3 is 10.2 Å². The smallest absolute Gasteiger partial charge is 0.233 e. The molecule has 5 heteroatoms. The molecule has 2 rings (SSSR count). The predicted octanol–water partition coefficient (Wildman–Crippen LogP) is 0.0652. The number of rotatable bonds is 4. The number of nitrogens with one attached hydrogen (secondary N) is 1. The minimum Gasteiger partial charge on any atom is -0.358 e. The Hall–Kier alpha value is -1.10. The van der Waals surface area contributed by atoms with Crippen molar-refractivity contribution in [2.24, 2.45) is 5.92 Å². The second kappa shape index (κ2) is 5.69. The second-order valence-electron chi connectivity index (χ2n) is 5.43. The van der Waals surface area contributed by atoms with Crippen molar-refractivity contribution >= 4 is 11.8 Å². The van der Waals surface area contributed by atoms with Crippen LogP contribution in [0.2, 0.25) is 0 Å². The zero-order chi connectivity index (χ0) is 13.1. The molecule has 1 aliphatic heterocycles. The lowest BCUT2D eigenvalue weighted by atomic mass is 10.0. The van der Waals surface area contributed by atoms with E-state index >= 15 is 0 Å². The highest BCUT2D eigenvalue weighted by Gasteiger charge is 2.35. The van der Waals surface area contributed by atoms with E-state index in [4.69, 9.17) is 0 Å². The number of amides is 2. The molecular weight excluding hydrogens is 230 g/mol. The summed E-state index contributed by atoms with van der Waals surface area (Å²) >= 11 is 0. The number of piperidine rings is 1. The normalized spacial score (nSPS) is 24.7. The molecule has 0 aromatic carbocycles. The number of nitrogens with zero attached hydrogens (tertiary/aromatic N) is 2. The fraction of sp³-hybridized carbons (Fsp3) is 0.846. The van der Waals surface area contributed by atoms with Crippen LogP contribution in [0, 0.1) is 5.92 Å². The van der Waals surface area contributed by atoms with Gasteiger partial charge >= 0.3 is 0 Å². The highest BCUT2D eigenvalue weighted by Crippen LogP contribution is 2.32. The van der Waals surface area contributed by atoms with Gasteiger partial charge in [-0.15, -0.1) is 0 Å². The summed E-state index contributed by atoms with van der Waals surface area (Å²) in [5, 5.41) is 2.65. The van der Waals surface area contributed by atoms with Gasteiger partial charge in [-0.25, -0.2) is 0 Å². The number of likely N-dealkylation sites (N-methyl/N-ethyl adjacent to an activating group) is 2. The summed E-state index contributed by atoms with van der Waals surface area (Å²) in [6.07, 6.45) is 4.22. The molecule has 0 aromatic heterocycles. The molecule has 102 valence electrons. The van der Waals surface area contributed by atoms with Gasteiger partial charge in [-0.1, -0.05) is 0 Å². The molecule has 1 saturated carbocycles. The van der Waals surface area contributed by atoms with Crippen LogP contribution in [0.3, 0.4) is 0 Å². The van der Waals surface area contributed by atoms with Gasteiger partial charge in [0.25, 0.3) is 0 Å². The lowest BCUT2D eigenvalue weighted by molar-refractivity contribution is -0.134. The zero-order valence-corrected chi connectivity index (χ0v) is 11.3. The number of hydrogen-bond acceptors (Lipinski definition) is 3. The van der Waals surface area contributed by atoms with Crippen molar-refractivity contribution in [2.75, 3.05) is 33.7 Å². The Kier molecular flexibility index (Phi) is 4.22. The monoisotopic (exact) mass is 253 g/mol. The zero-order valence-electron chi connectivity index (χ0n) is 11.3. The molecule has 1 N–H and O–H groups in total. The number of hydrogen-bond donors (Lipinski definition) is 1. The van der Waals surface area contributed by atoms with Gasteiger partial charge in [0.15, 0.2) is 0 Å². The molecule has 2 fully saturated rings. The molecular formula is C13H23N3O2. The maximum Gasteiger partial charge on any atom is 0.233 e. The quantitative estimate of drug-likeness (QED) is 0.771. The van der Waals surface area contributed by atoms with E-state index in [9.17, 15) is 9.59 Å². The van der Waals surface area contributed by atoms with E-state index in [1.165, 1.54) is 0 Å². The van der Waals surface area contributed by atoms with Gasteiger partial charge in [0.1, 0.15) is 0 Å². The number of carbonyl (C=O) groups is 2. The highest BCUT2D eigenvalue weighted by atomic mass is 16.2. The third-order valence-corrected chi connectivity index (χ3v) is 3.95. The summed E-state index contributed by atoms with van der Waals surface area (Å²) in [6, 6.07) is 0.275. The van der Waals surface area contributed by atoms with Gasteiger partial charge in [0.2, 0.25) is 11.8 Å². The molecule has 1 atom stereocenters. The summed E-state index contributed by atoms with van der Waals surface area (Å²) in [5.74, 6) is 0.623. The Balaban J connectivity index is 1.85. The van der Waals surface area contributed by atoms with Crippen molar-refractivity contribution in [3.8, 4) is 0 Å². The third kappa shape index (κ3) is 3.22. The molecule has 1 saturated heterocycles. The lowest BCUT2D eigenvalue weighted by Crippen LogP contribution is -2.50. The van der Waals surface area contributed by atoms with Crippen LogP contribution in [0.5, 0.6) is 0 Å². The maximum atomic E-state index is 12.0. The van der Waals surface area contributed by atoms with E-state index in [2.05, 4.69) is 10.2 Å². The second-order valence-corrected chi connectivity index (χ2v) is 5.43. The maximum absolute atomic E-state index is 12.0. The first-order chi connectivity index (χ1) is 8.61. The van der Waals surface area contributed by atoms with Gasteiger partial charge in [-0.2, -0.15) is 0 Å². The van der Waals surface area contributed by atoms with Crippen LogP contribution in [0.4, 0.5) is 0 Å². The van der Waals surface area contributed by atoms with Crippen molar-refractivity contribution < 1.29 is 9.59 Å². The van der Waals surface area contributed by atoms with E-state index in [0.717, 1.165) is 38.8 Å². The topological polar surface area (TPSA) is 52.7 Å². The first-order valence-corrected chi connectivity index (χ1v) is 6.81. The fourth-order valence-corrected chi connectivity index (χ4v) is 2.57. The van der Waals surface area contributed by atoms with Crippen LogP contribution in [-0.4, -0.2) is 61.4 Å². The van der Waals surface area contributed by atoms with Crippen molar-refractivity contribution in [1.29, 1.82) is 0 Å². The summed E-state index contributed by atoms with van der Waals surface area (Å²) in [6.45, 7) is 2.22. The molecule has 0 bridgehead atoms. The van der Waals surface area contributed by atoms with Crippen LogP contribution in [0.1, 0.15) is 25.7 Å². The van der Waals surface area contributed by atoms with Crippen molar-refractivity contribution in [3.05, 3.63) is 0 Å². The van der Waals surface area contributed by atoms with E-state index < -0.39 is 0 Å². The van der Waals surface area contributed by atoms with Gasteiger partial charge in [-0.05, 0) is 32.2 Å². The molecule has 5 nitrogen and oxygen atoms in total. The van der Waals surface area contributed by atoms with Crippen LogP contribution in [-0.2, 0) is 9.59 Å². The summed E-state index contributed by atoms with van der Waals surface area (Å²) in [7, 11) is 3.57. The van der Waals surface area contributed by atoms with Crippen LogP contribution >= 0.6 is 0 Å². The van der Waals surface area contributed by atoms with Gasteiger partial charge in [0.05, 0.1) is 6.54 Å². The molecule has 1 unspecified atom stereocenters. The fourth-order valence-electron chi connectivity index (χ4n) is 2.57. The van der Waals surface area contributed by atoms with Gasteiger partial charge in [0, 0.05) is 32.6 Å². The molecule has 0 radical (unpaired) electrons. The van der Waals surface area contributed by atoms with E-state index in [1.54, 1.807) is 7.05 Å². The highest BCUT2D eigenvalue weighted by molar-refractivity contribution is 5.81. The molecule has 2 aliphatic rings. The summed E-state index contributed by atoms with van der Waals surface area (Å²) < 4.78 is 0. The Labute approximate surface area is 108 Å². The molecule has 1 aliphatic carbocycles. The van der Waals surface area contributed by atoms with Crippen molar-refractivity contribution in [2.45, 2.75) is 31.7 Å². The molecule has 1 heterocycles. The average molecular weight is 253 g/mol. The molecule has 0 spiro atoms. The van der Waals surface area contributed by atoms with E-state index in [-0.39, 0.29) is 17.9 Å². The minimum absolute atomic E-state index is 0.0480. The molecule has 0 aromatic rings. The Morgan fingerprint density at radius 3 is 2.67 bits per heavy atom. The summed E-state index contributed by atoms with van der Waals surface area (Å²) in [4.78, 5) is 27.4. The van der Waals surface area contributed by atoms with Crippen LogP contribution < -0.4 is 5.32 Å². The first kappa shape index (κ1) is 13.3. The molecule has 2 amide bonds. The Morgan fingerprint density at radius 2 is 2.06 bits per heavy atom. The largest absolute Gasteiger partial charge is 0.358 e. The van der Waals surface area contributed by atoms with E-state index in [1.807, 2.05) is 11.9 Å². The number of likely N-dealkylation sites (tertiary alicyclic amines) is 1. The Morgan fingerprint density at radius 1 is 1.33 bits per heavy atom. The summed E-state index contributed by atoms with van der Waals surface area (Å²) in [5.41, 5.74) is 0. The molecule has 18 heavy (non-hydrogen) atoms. The van der Waals surface area contributed by atoms with Gasteiger partial charge in [-0.3, -0.25) is 14.5 Å². The first-order valence-electron chi connectivity index (χ1n) is 6.81. The van der Waals surface area contributed by atoms with Crippen LogP contribution in [0.15, 0.2) is 0 Å². The minimum atomic E-state index is 0.0480. The van der Waals surface area contributed by atoms with Crippen LogP contribution in [0.25, 0.3) is 0 Å². The lowest BCUT2D eigenvalue weighted by Gasteiger charge is -2.37. The number of carbonyl (C=O) groups excluding carboxylic acids is 2. The van der Waals surface area contributed by atoms with Crippen molar-refractivity contribution in [1.82, 2.24) is 15.1 Å². The average Bonchev–Trinajstić information content (AvgIpc) is 3.21.